The van der Waals surface area contributed by atoms with Crippen LogP contribution < -0.4 is 51.1 Å². The van der Waals surface area contributed by atoms with Crippen molar-refractivity contribution in [2.24, 2.45) is 0 Å². The second-order valence-corrected chi connectivity index (χ2v) is 1.25. The van der Waals surface area contributed by atoms with Gasteiger partial charge in [0.15, 0.2) is 0 Å². The normalized spacial score (nSPS) is 5.00. The minimum Gasteiger partial charge on any atom is -0.652 e. The Morgan fingerprint density at radius 2 is 0.333 bits per heavy atom. The molecule has 0 aliphatic rings. The van der Waals surface area contributed by atoms with Gasteiger partial charge in [0.2, 0.25) is 0 Å². The summed E-state index contributed by atoms with van der Waals surface area (Å²) in [5, 5.41) is 83.3. The maximum absolute atomic E-state index is 8.33. The zero-order valence-corrected chi connectivity index (χ0v) is 16.3. The van der Waals surface area contributed by atoms with Crippen LogP contribution in [-0.4, -0.2) is 112 Å². The van der Waals surface area contributed by atoms with Crippen LogP contribution in [0.3, 0.4) is 0 Å². The summed E-state index contributed by atoms with van der Waals surface area (Å²) in [5.41, 5.74) is 0. The molecule has 24 heavy (non-hydrogen) atoms. The molecule has 0 saturated carbocycles. The summed E-state index contributed by atoms with van der Waals surface area (Å²) < 4.78 is 0. The van der Waals surface area contributed by atoms with E-state index in [0.29, 0.717) is 0 Å². The maximum atomic E-state index is 8.33. The van der Waals surface area contributed by atoms with E-state index in [-0.39, 0.29) is 80.8 Å². The molecule has 0 bridgehead atoms. The molecule has 0 spiro atoms. The van der Waals surface area contributed by atoms with Crippen LogP contribution >= 0.6 is 0 Å². The molecule has 0 fully saturated rings. The van der Waals surface area contributed by atoms with Crippen molar-refractivity contribution in [1.82, 2.24) is 0 Å². The van der Waals surface area contributed by atoms with Crippen LogP contribution in [0, 0.1) is 0 Å². The third kappa shape index (κ3) is 7520. The zero-order chi connectivity index (χ0) is 17.9. The Balaban J connectivity index is -0.0000000161. The quantitative estimate of drug-likeness (QED) is 0.339. The van der Waals surface area contributed by atoms with Crippen molar-refractivity contribution in [3.63, 3.8) is 0 Å². The molecular weight excluding hydrogens is 403 g/mol. The van der Waals surface area contributed by atoms with E-state index in [9.17, 15) is 0 Å². The van der Waals surface area contributed by atoms with Gasteiger partial charge in [-0.3, -0.25) is 0 Å². The molecular formula is C5Al2Mg2O15. The number of carboxylic acid groups (broad SMARTS) is 10. The SMILES string of the molecule is O=C([O-])[O-].O=C([O-])[O-].O=C([O-])[O-].O=C([O-])[O-].O=C([O-])[O-].[Al+3].[Al+3].[Mg+2].[Mg+2]. The molecule has 0 saturated heterocycles. The number of hydrogen-bond donors (Lipinski definition) is 0. The van der Waals surface area contributed by atoms with E-state index < -0.39 is 30.8 Å². The van der Waals surface area contributed by atoms with E-state index in [1.165, 1.54) is 0 Å². The number of carbonyl (C=O) groups excluding carboxylic acids is 5. The molecule has 0 amide bonds. The van der Waals surface area contributed by atoms with Crippen molar-refractivity contribution in [3.05, 3.63) is 0 Å². The third-order valence-corrected chi connectivity index (χ3v) is 0. The summed E-state index contributed by atoms with van der Waals surface area (Å²) in [6.07, 6.45) is -11.7. The van der Waals surface area contributed by atoms with Crippen molar-refractivity contribution < 1.29 is 75.0 Å². The van der Waals surface area contributed by atoms with E-state index in [1.54, 1.807) is 0 Å². The predicted octanol–water partition coefficient (Wildman–Crippen LogP) is -13.8. The fourth-order valence-electron chi connectivity index (χ4n) is 0. The zero-order valence-electron chi connectivity index (χ0n) is 11.2. The Morgan fingerprint density at radius 3 is 0.333 bits per heavy atom. The minimum absolute atomic E-state index is 0. The molecule has 0 aliphatic heterocycles. The van der Waals surface area contributed by atoms with Crippen molar-refractivity contribution in [2.45, 2.75) is 0 Å². The molecule has 0 rings (SSSR count). The average Bonchev–Trinajstić information content (AvgIpc) is 1.94. The van der Waals surface area contributed by atoms with Gasteiger partial charge in [-0.1, -0.05) is 0 Å². The molecule has 120 valence electrons. The fraction of sp³-hybridized carbons (Fsp3) is 0. The van der Waals surface area contributed by atoms with Crippen LogP contribution in [0.4, 0.5) is 24.0 Å². The number of rotatable bonds is 0. The van der Waals surface area contributed by atoms with Crippen molar-refractivity contribution in [3.8, 4) is 0 Å². The first-order chi connectivity index (χ1) is 8.66. The van der Waals surface area contributed by atoms with Gasteiger partial charge in [0, 0.05) is 0 Å². The predicted molar refractivity (Wildman–Crippen MR) is 50.0 cm³/mol. The molecule has 0 aromatic heterocycles. The summed E-state index contributed by atoms with van der Waals surface area (Å²) in [6.45, 7) is 0. The van der Waals surface area contributed by atoms with Crippen LogP contribution in [-0.2, 0) is 0 Å². The van der Waals surface area contributed by atoms with Gasteiger partial charge >= 0.3 is 80.8 Å². The fourth-order valence-corrected chi connectivity index (χ4v) is 0. The summed E-state index contributed by atoms with van der Waals surface area (Å²) in [6, 6.07) is 0. The summed E-state index contributed by atoms with van der Waals surface area (Å²) in [7, 11) is 0. The van der Waals surface area contributed by atoms with Crippen LogP contribution in [0.2, 0.25) is 0 Å². The van der Waals surface area contributed by atoms with Crippen molar-refractivity contribution in [1.29, 1.82) is 0 Å². The molecule has 19 heteroatoms. The first-order valence-corrected chi connectivity index (χ1v) is 3.06. The summed E-state index contributed by atoms with van der Waals surface area (Å²) >= 11 is 0. The smallest absolute Gasteiger partial charge is 0.652 e. The van der Waals surface area contributed by atoms with Gasteiger partial charge < -0.3 is 75.0 Å². The molecule has 0 aliphatic carbocycles. The van der Waals surface area contributed by atoms with Crippen LogP contribution in [0.1, 0.15) is 0 Å². The molecule has 0 N–H and O–H groups in total. The largest absolute Gasteiger partial charge is 3.00 e. The first-order valence-electron chi connectivity index (χ1n) is 3.06. The van der Waals surface area contributed by atoms with Crippen LogP contribution in [0.5, 0.6) is 0 Å². The Bertz CT molecular complexity index is 221. The number of carbonyl (C=O) groups is 5. The Morgan fingerprint density at radius 1 is 0.333 bits per heavy atom. The Hall–Kier alpha value is -1.05. The maximum Gasteiger partial charge on any atom is 3.00 e. The van der Waals surface area contributed by atoms with E-state index in [2.05, 4.69) is 0 Å². The van der Waals surface area contributed by atoms with Crippen LogP contribution in [0.25, 0.3) is 0 Å². The molecule has 0 aromatic carbocycles. The standard InChI is InChI=1S/5CH2O3.2Al.2Mg/c5*2-1(3)4;;;;/h5*(H2,2,3,4);;;;/q;;;;;2*+3;2*+2/p-10. The van der Waals surface area contributed by atoms with E-state index >= 15 is 0 Å². The van der Waals surface area contributed by atoms with Gasteiger partial charge in [0.25, 0.3) is 0 Å². The topological polar surface area (TPSA) is 316 Å². The monoisotopic (exact) mass is 402 g/mol. The summed E-state index contributed by atoms with van der Waals surface area (Å²) in [5.74, 6) is 0. The van der Waals surface area contributed by atoms with Gasteiger partial charge in [-0.2, -0.15) is 0 Å². The molecule has 0 unspecified atom stereocenters. The Labute approximate surface area is 185 Å². The second-order valence-electron chi connectivity index (χ2n) is 1.25. The van der Waals surface area contributed by atoms with Crippen LogP contribution in [0.15, 0.2) is 0 Å². The third-order valence-electron chi connectivity index (χ3n) is 0. The molecule has 0 atom stereocenters. The van der Waals surface area contributed by atoms with Gasteiger partial charge in [-0.15, -0.1) is 0 Å². The molecule has 15 nitrogen and oxygen atoms in total. The van der Waals surface area contributed by atoms with Crippen molar-refractivity contribution in [2.75, 3.05) is 0 Å². The minimum atomic E-state index is -2.33. The second kappa shape index (κ2) is 49.5. The van der Waals surface area contributed by atoms with E-state index in [4.69, 9.17) is 75.0 Å². The average molecular weight is 403 g/mol. The molecule has 0 aromatic rings. The first kappa shape index (κ1) is 56.8. The number of hydrogen-bond acceptors (Lipinski definition) is 15. The van der Waals surface area contributed by atoms with E-state index in [0.717, 1.165) is 0 Å². The molecule has 0 radical (unpaired) electrons. The van der Waals surface area contributed by atoms with Crippen molar-refractivity contribution >= 4 is 112 Å². The van der Waals surface area contributed by atoms with Gasteiger partial charge in [-0.05, 0) is 30.8 Å². The Kier molecular flexibility index (Phi) is 117. The van der Waals surface area contributed by atoms with Gasteiger partial charge in [0.05, 0.1) is 0 Å². The summed E-state index contributed by atoms with van der Waals surface area (Å²) in [4.78, 5) is 41.7. The van der Waals surface area contributed by atoms with Gasteiger partial charge in [0.1, 0.15) is 0 Å². The molecule has 0 heterocycles. The van der Waals surface area contributed by atoms with Gasteiger partial charge in [-0.25, -0.2) is 0 Å². The van der Waals surface area contributed by atoms with E-state index in [1.807, 2.05) is 0 Å².